The first-order chi connectivity index (χ1) is 9.28. The summed E-state index contributed by atoms with van der Waals surface area (Å²) >= 11 is 0. The Bertz CT molecular complexity index is 411. The molecule has 0 fully saturated rings. The van der Waals surface area contributed by atoms with Crippen LogP contribution >= 0.6 is 0 Å². The Hall–Kier alpha value is -1.13. The second-order valence-corrected chi connectivity index (χ2v) is 6.50. The first-order valence-electron chi connectivity index (χ1n) is 7.27. The fourth-order valence-electron chi connectivity index (χ4n) is 1.75. The van der Waals surface area contributed by atoms with Crippen LogP contribution in [0.2, 0.25) is 0 Å². The number of nitrogens with one attached hydrogen (secondary N) is 1. The Labute approximate surface area is 123 Å². The highest BCUT2D eigenvalue weighted by molar-refractivity contribution is 5.25. The molecule has 0 aliphatic heterocycles. The van der Waals surface area contributed by atoms with Gasteiger partial charge < -0.3 is 15.0 Å². The molecule has 0 amide bonds. The van der Waals surface area contributed by atoms with Crippen LogP contribution in [-0.2, 0) is 6.54 Å². The van der Waals surface area contributed by atoms with Crippen molar-refractivity contribution in [2.24, 2.45) is 0 Å². The minimum absolute atomic E-state index is 0.119. The van der Waals surface area contributed by atoms with Gasteiger partial charge in [-0.05, 0) is 53.8 Å². The van der Waals surface area contributed by atoms with E-state index in [1.807, 2.05) is 13.0 Å². The Morgan fingerprint density at radius 1 is 1.25 bits per heavy atom. The molecule has 0 atom stereocenters. The molecule has 114 valence electrons. The smallest absolute Gasteiger partial charge is 0.213 e. The second kappa shape index (κ2) is 7.60. The molecule has 0 aliphatic carbocycles. The van der Waals surface area contributed by atoms with E-state index in [2.05, 4.69) is 56.1 Å². The summed E-state index contributed by atoms with van der Waals surface area (Å²) in [6.45, 7) is 11.1. The number of ether oxygens (including phenoxy) is 1. The van der Waals surface area contributed by atoms with Crippen LogP contribution < -0.4 is 10.1 Å². The van der Waals surface area contributed by atoms with E-state index in [4.69, 9.17) is 4.74 Å². The molecule has 4 nitrogen and oxygen atoms in total. The first-order valence-corrected chi connectivity index (χ1v) is 7.27. The molecule has 0 spiro atoms. The molecule has 0 saturated carbocycles. The third kappa shape index (κ3) is 6.87. The normalized spacial score (nSPS) is 11.9. The molecule has 1 rings (SSSR count). The summed E-state index contributed by atoms with van der Waals surface area (Å²) in [5, 5.41) is 3.48. The SMILES string of the molecule is Cc1nc(OCCCN(C)C)ccc1CNC(C)(C)C. The zero-order valence-corrected chi connectivity index (χ0v) is 13.8. The molecule has 1 aromatic rings. The highest BCUT2D eigenvalue weighted by atomic mass is 16.5. The van der Waals surface area contributed by atoms with Crippen molar-refractivity contribution in [1.29, 1.82) is 0 Å². The van der Waals surface area contributed by atoms with E-state index in [0.29, 0.717) is 6.61 Å². The summed E-state index contributed by atoms with van der Waals surface area (Å²) in [5.74, 6) is 0.723. The summed E-state index contributed by atoms with van der Waals surface area (Å²) in [5.41, 5.74) is 2.38. The lowest BCUT2D eigenvalue weighted by molar-refractivity contribution is 0.272. The van der Waals surface area contributed by atoms with Gasteiger partial charge in [0.05, 0.1) is 6.61 Å². The van der Waals surface area contributed by atoms with Crippen LogP contribution in [0.1, 0.15) is 38.4 Å². The number of aryl methyl sites for hydroxylation is 1. The maximum absolute atomic E-state index is 5.68. The third-order valence-corrected chi connectivity index (χ3v) is 2.98. The van der Waals surface area contributed by atoms with Crippen LogP contribution in [0.4, 0.5) is 0 Å². The minimum atomic E-state index is 0.119. The Balaban J connectivity index is 2.46. The molecule has 0 unspecified atom stereocenters. The van der Waals surface area contributed by atoms with Gasteiger partial charge in [-0.25, -0.2) is 4.98 Å². The zero-order chi connectivity index (χ0) is 15.2. The van der Waals surface area contributed by atoms with Crippen LogP contribution in [0.15, 0.2) is 12.1 Å². The lowest BCUT2D eigenvalue weighted by Gasteiger charge is -2.21. The summed E-state index contributed by atoms with van der Waals surface area (Å²) < 4.78 is 5.68. The number of pyridine rings is 1. The second-order valence-electron chi connectivity index (χ2n) is 6.50. The molecule has 0 aliphatic rings. The van der Waals surface area contributed by atoms with Gasteiger partial charge in [0.15, 0.2) is 0 Å². The van der Waals surface area contributed by atoms with Gasteiger partial charge in [-0.15, -0.1) is 0 Å². The first kappa shape index (κ1) is 16.9. The zero-order valence-electron chi connectivity index (χ0n) is 13.8. The number of nitrogens with zero attached hydrogens (tertiary/aromatic N) is 2. The fraction of sp³-hybridized carbons (Fsp3) is 0.688. The van der Waals surface area contributed by atoms with E-state index >= 15 is 0 Å². The van der Waals surface area contributed by atoms with Gasteiger partial charge in [0.25, 0.3) is 0 Å². The van der Waals surface area contributed by atoms with E-state index in [-0.39, 0.29) is 5.54 Å². The van der Waals surface area contributed by atoms with Crippen LogP contribution in [0, 0.1) is 6.92 Å². The van der Waals surface area contributed by atoms with Crippen LogP contribution in [-0.4, -0.2) is 42.7 Å². The van der Waals surface area contributed by atoms with Gasteiger partial charge in [0.2, 0.25) is 5.88 Å². The minimum Gasteiger partial charge on any atom is -0.478 e. The van der Waals surface area contributed by atoms with Crippen molar-refractivity contribution in [2.45, 2.75) is 46.2 Å². The molecule has 0 aromatic carbocycles. The third-order valence-electron chi connectivity index (χ3n) is 2.98. The van der Waals surface area contributed by atoms with Crippen molar-refractivity contribution in [2.75, 3.05) is 27.2 Å². The topological polar surface area (TPSA) is 37.4 Å². The predicted molar refractivity (Wildman–Crippen MR) is 84.2 cm³/mol. The molecule has 0 saturated heterocycles. The number of aromatic nitrogens is 1. The lowest BCUT2D eigenvalue weighted by atomic mass is 10.1. The Morgan fingerprint density at radius 3 is 2.50 bits per heavy atom. The largest absolute Gasteiger partial charge is 0.478 e. The van der Waals surface area contributed by atoms with E-state index in [9.17, 15) is 0 Å². The van der Waals surface area contributed by atoms with Gasteiger partial charge in [0.1, 0.15) is 0 Å². The molecular formula is C16H29N3O. The van der Waals surface area contributed by atoms with E-state index in [1.165, 1.54) is 5.56 Å². The number of rotatable bonds is 7. The Kier molecular flexibility index (Phi) is 6.43. The van der Waals surface area contributed by atoms with Crippen molar-refractivity contribution >= 4 is 0 Å². The maximum atomic E-state index is 5.68. The average Bonchev–Trinajstić information content (AvgIpc) is 2.32. The monoisotopic (exact) mass is 279 g/mol. The van der Waals surface area contributed by atoms with Crippen LogP contribution in [0.3, 0.4) is 0 Å². The molecule has 20 heavy (non-hydrogen) atoms. The highest BCUT2D eigenvalue weighted by Gasteiger charge is 2.10. The van der Waals surface area contributed by atoms with Gasteiger partial charge >= 0.3 is 0 Å². The van der Waals surface area contributed by atoms with Crippen molar-refractivity contribution in [1.82, 2.24) is 15.2 Å². The highest BCUT2D eigenvalue weighted by Crippen LogP contribution is 2.13. The quantitative estimate of drug-likeness (QED) is 0.779. The van der Waals surface area contributed by atoms with Crippen molar-refractivity contribution in [3.63, 3.8) is 0 Å². The number of hydrogen-bond donors (Lipinski definition) is 1. The van der Waals surface area contributed by atoms with Crippen LogP contribution in [0.25, 0.3) is 0 Å². The fourth-order valence-corrected chi connectivity index (χ4v) is 1.75. The number of hydrogen-bond acceptors (Lipinski definition) is 4. The van der Waals surface area contributed by atoms with E-state index < -0.39 is 0 Å². The van der Waals surface area contributed by atoms with Crippen LogP contribution in [0.5, 0.6) is 5.88 Å². The molecule has 1 heterocycles. The van der Waals surface area contributed by atoms with E-state index in [1.54, 1.807) is 0 Å². The maximum Gasteiger partial charge on any atom is 0.213 e. The van der Waals surface area contributed by atoms with Gasteiger partial charge in [-0.3, -0.25) is 0 Å². The summed E-state index contributed by atoms with van der Waals surface area (Å²) in [7, 11) is 4.14. The van der Waals surface area contributed by atoms with Gasteiger partial charge in [0, 0.05) is 30.4 Å². The molecule has 4 heteroatoms. The molecule has 1 aromatic heterocycles. The molecule has 0 bridgehead atoms. The predicted octanol–water partition coefficient (Wildman–Crippen LogP) is 2.61. The van der Waals surface area contributed by atoms with Gasteiger partial charge in [-0.2, -0.15) is 0 Å². The molecule has 0 radical (unpaired) electrons. The Morgan fingerprint density at radius 2 is 1.95 bits per heavy atom. The van der Waals surface area contributed by atoms with Gasteiger partial charge in [-0.1, -0.05) is 6.07 Å². The lowest BCUT2D eigenvalue weighted by Crippen LogP contribution is -2.35. The van der Waals surface area contributed by atoms with Crippen molar-refractivity contribution in [3.05, 3.63) is 23.4 Å². The standard InChI is InChI=1S/C16H29N3O/c1-13-14(12-17-16(2,3)4)8-9-15(18-13)20-11-7-10-19(5)6/h8-9,17H,7,10-12H2,1-6H3. The van der Waals surface area contributed by atoms with Crippen molar-refractivity contribution < 1.29 is 4.74 Å². The summed E-state index contributed by atoms with van der Waals surface area (Å²) in [6.07, 6.45) is 1.01. The van der Waals surface area contributed by atoms with E-state index in [0.717, 1.165) is 31.1 Å². The summed E-state index contributed by atoms with van der Waals surface area (Å²) in [4.78, 5) is 6.67. The average molecular weight is 279 g/mol. The molecule has 1 N–H and O–H groups in total. The summed E-state index contributed by atoms with van der Waals surface area (Å²) in [6, 6.07) is 4.06. The molecular weight excluding hydrogens is 250 g/mol. The van der Waals surface area contributed by atoms with Crippen molar-refractivity contribution in [3.8, 4) is 5.88 Å².